The Morgan fingerprint density at radius 3 is 1.87 bits per heavy atom. The molecule has 0 heterocycles. The van der Waals surface area contributed by atoms with Crippen molar-refractivity contribution in [3.05, 3.63) is 12.2 Å². The number of nitrogens with one attached hydrogen (secondary N) is 2. The third-order valence-corrected chi connectivity index (χ3v) is 0.965. The standard InChI is InChI=1S/C7H14N2O.3ClH.2H3N/c1-4-5-8-9-7(10)6(2)3;;;;;/h8H,2,4-5H2,1,3H3,(H,9,10);3*1H;2*1H3. The zero-order chi connectivity index (χ0) is 7.98. The molecule has 0 unspecified atom stereocenters. The number of amides is 1. The van der Waals surface area contributed by atoms with Crippen LogP contribution in [0, 0.1) is 0 Å². The van der Waals surface area contributed by atoms with Crippen LogP contribution < -0.4 is 23.2 Å². The highest BCUT2D eigenvalue weighted by Crippen LogP contribution is 1.82. The summed E-state index contributed by atoms with van der Waals surface area (Å²) in [6.07, 6.45) is 0.996. The van der Waals surface area contributed by atoms with Crippen LogP contribution in [0.1, 0.15) is 20.3 Å². The van der Waals surface area contributed by atoms with E-state index in [0.29, 0.717) is 5.57 Å². The van der Waals surface area contributed by atoms with Gasteiger partial charge < -0.3 is 12.3 Å². The van der Waals surface area contributed by atoms with Crippen molar-refractivity contribution in [2.45, 2.75) is 20.3 Å². The van der Waals surface area contributed by atoms with E-state index in [1.807, 2.05) is 6.92 Å². The van der Waals surface area contributed by atoms with Crippen molar-refractivity contribution in [1.29, 1.82) is 0 Å². The molecular weight excluding hydrogens is 262 g/mol. The molecule has 0 aliphatic carbocycles. The van der Waals surface area contributed by atoms with E-state index in [4.69, 9.17) is 0 Å². The maximum Gasteiger partial charge on any atom is 0.260 e. The predicted octanol–water partition coefficient (Wildman–Crippen LogP) is 2.18. The van der Waals surface area contributed by atoms with Crippen LogP contribution in [-0.2, 0) is 4.79 Å². The van der Waals surface area contributed by atoms with Crippen molar-refractivity contribution in [3.8, 4) is 0 Å². The Balaban J connectivity index is -0.0000000405. The normalized spacial score (nSPS) is 6.00. The summed E-state index contributed by atoms with van der Waals surface area (Å²) in [6.45, 7) is 7.97. The predicted molar refractivity (Wildman–Crippen MR) is 73.0 cm³/mol. The van der Waals surface area contributed by atoms with Gasteiger partial charge >= 0.3 is 0 Å². The molecule has 8 heteroatoms. The van der Waals surface area contributed by atoms with Crippen molar-refractivity contribution in [1.82, 2.24) is 23.2 Å². The second-order valence-corrected chi connectivity index (χ2v) is 2.16. The van der Waals surface area contributed by atoms with Gasteiger partial charge in [0.25, 0.3) is 5.91 Å². The van der Waals surface area contributed by atoms with Crippen molar-refractivity contribution in [3.63, 3.8) is 0 Å². The van der Waals surface area contributed by atoms with Crippen molar-refractivity contribution in [2.75, 3.05) is 6.54 Å². The highest BCUT2D eigenvalue weighted by molar-refractivity contribution is 5.91. The summed E-state index contributed by atoms with van der Waals surface area (Å²) < 4.78 is 0. The van der Waals surface area contributed by atoms with E-state index in [0.717, 1.165) is 13.0 Å². The van der Waals surface area contributed by atoms with Gasteiger partial charge in [-0.15, -0.1) is 37.2 Å². The van der Waals surface area contributed by atoms with Crippen molar-refractivity contribution >= 4 is 43.1 Å². The van der Waals surface area contributed by atoms with Gasteiger partial charge in [-0.1, -0.05) is 13.5 Å². The van der Waals surface area contributed by atoms with Crippen molar-refractivity contribution in [2.24, 2.45) is 0 Å². The van der Waals surface area contributed by atoms with Crippen LogP contribution in [-0.4, -0.2) is 12.5 Å². The molecule has 98 valence electrons. The molecule has 0 aromatic rings. The quantitative estimate of drug-likeness (QED) is 0.360. The summed E-state index contributed by atoms with van der Waals surface area (Å²) in [5.74, 6) is -0.145. The van der Waals surface area contributed by atoms with Gasteiger partial charge in [0, 0.05) is 12.1 Å². The SMILES string of the molecule is C=C(C)C(=O)NNCCC.Cl.Cl.Cl.N.N. The lowest BCUT2D eigenvalue weighted by Gasteiger charge is -2.03. The minimum atomic E-state index is -0.145. The highest BCUT2D eigenvalue weighted by atomic mass is 35.5. The maximum absolute atomic E-state index is 10.7. The first-order valence-electron chi connectivity index (χ1n) is 3.37. The molecule has 0 radical (unpaired) electrons. The molecule has 0 aromatic heterocycles. The van der Waals surface area contributed by atoms with E-state index >= 15 is 0 Å². The summed E-state index contributed by atoms with van der Waals surface area (Å²) in [5, 5.41) is 0. The Labute approximate surface area is 110 Å². The van der Waals surface area contributed by atoms with Crippen LogP contribution >= 0.6 is 37.2 Å². The number of hydrogen-bond acceptors (Lipinski definition) is 4. The van der Waals surface area contributed by atoms with Crippen LogP contribution in [0.25, 0.3) is 0 Å². The molecule has 0 saturated heterocycles. The molecule has 0 atom stereocenters. The fraction of sp³-hybridized carbons (Fsp3) is 0.571. The number of hydrazine groups is 1. The molecule has 0 aliphatic heterocycles. The minimum Gasteiger partial charge on any atom is -0.344 e. The first kappa shape index (κ1) is 36.3. The molecule has 0 saturated carbocycles. The maximum atomic E-state index is 10.7. The first-order valence-corrected chi connectivity index (χ1v) is 3.37. The summed E-state index contributed by atoms with van der Waals surface area (Å²) >= 11 is 0. The fourth-order valence-electron chi connectivity index (χ4n) is 0.374. The van der Waals surface area contributed by atoms with Gasteiger partial charge in [-0.25, -0.2) is 5.43 Å². The molecule has 1 amide bonds. The summed E-state index contributed by atoms with van der Waals surface area (Å²) in [4.78, 5) is 10.7. The zero-order valence-corrected chi connectivity index (χ0v) is 11.6. The smallest absolute Gasteiger partial charge is 0.260 e. The third kappa shape index (κ3) is 24.9. The average Bonchev–Trinajstić information content (AvgIpc) is 1.88. The van der Waals surface area contributed by atoms with E-state index in [-0.39, 0.29) is 55.4 Å². The Hall–Kier alpha value is -0.0400. The number of halogens is 3. The summed E-state index contributed by atoms with van der Waals surface area (Å²) in [6, 6.07) is 0. The molecule has 0 aromatic carbocycles. The van der Waals surface area contributed by atoms with Gasteiger partial charge in [0.2, 0.25) is 0 Å². The molecule has 8 N–H and O–H groups in total. The average molecular weight is 286 g/mol. The zero-order valence-electron chi connectivity index (χ0n) is 9.17. The van der Waals surface area contributed by atoms with Crippen LogP contribution in [0.4, 0.5) is 0 Å². The van der Waals surface area contributed by atoms with Gasteiger partial charge in [-0.3, -0.25) is 10.2 Å². The van der Waals surface area contributed by atoms with Gasteiger partial charge in [0.15, 0.2) is 0 Å². The molecule has 15 heavy (non-hydrogen) atoms. The molecule has 5 nitrogen and oxygen atoms in total. The second-order valence-electron chi connectivity index (χ2n) is 2.16. The molecule has 0 fully saturated rings. The van der Waals surface area contributed by atoms with E-state index in [2.05, 4.69) is 17.4 Å². The third-order valence-electron chi connectivity index (χ3n) is 0.965. The monoisotopic (exact) mass is 284 g/mol. The van der Waals surface area contributed by atoms with Gasteiger partial charge in [-0.2, -0.15) is 0 Å². The number of rotatable bonds is 4. The summed E-state index contributed by atoms with van der Waals surface area (Å²) in [5.41, 5.74) is 5.77. The molecule has 0 rings (SSSR count). The molecule has 0 aliphatic rings. The highest BCUT2D eigenvalue weighted by Gasteiger charge is 1.97. The first-order chi connectivity index (χ1) is 4.68. The molecule has 0 bridgehead atoms. The lowest BCUT2D eigenvalue weighted by Crippen LogP contribution is -2.37. The van der Waals surface area contributed by atoms with Crippen LogP contribution in [0.2, 0.25) is 0 Å². The second kappa shape index (κ2) is 23.6. The molecule has 0 spiro atoms. The lowest BCUT2D eigenvalue weighted by atomic mass is 10.3. The summed E-state index contributed by atoms with van der Waals surface area (Å²) in [7, 11) is 0. The van der Waals surface area contributed by atoms with E-state index in [1.54, 1.807) is 6.92 Å². The fourth-order valence-corrected chi connectivity index (χ4v) is 0.374. The lowest BCUT2D eigenvalue weighted by molar-refractivity contribution is -0.118. The van der Waals surface area contributed by atoms with E-state index in [1.165, 1.54) is 0 Å². The Morgan fingerprint density at radius 1 is 1.20 bits per heavy atom. The minimum absolute atomic E-state index is 0. The van der Waals surface area contributed by atoms with Gasteiger partial charge in [-0.05, 0) is 13.3 Å². The largest absolute Gasteiger partial charge is 0.344 e. The Morgan fingerprint density at radius 2 is 1.60 bits per heavy atom. The van der Waals surface area contributed by atoms with Crippen LogP contribution in [0.5, 0.6) is 0 Å². The van der Waals surface area contributed by atoms with Crippen LogP contribution in [0.3, 0.4) is 0 Å². The molecular formula is C7H23Cl3N4O. The topological polar surface area (TPSA) is 111 Å². The van der Waals surface area contributed by atoms with E-state index < -0.39 is 0 Å². The Kier molecular flexibility index (Phi) is 57.2. The number of hydrogen-bond donors (Lipinski definition) is 4. The van der Waals surface area contributed by atoms with Gasteiger partial charge in [0.1, 0.15) is 0 Å². The van der Waals surface area contributed by atoms with Gasteiger partial charge in [0.05, 0.1) is 0 Å². The number of carbonyl (C=O) groups excluding carboxylic acids is 1. The van der Waals surface area contributed by atoms with E-state index in [9.17, 15) is 4.79 Å². The van der Waals surface area contributed by atoms with Crippen LogP contribution in [0.15, 0.2) is 12.2 Å². The van der Waals surface area contributed by atoms with Crippen molar-refractivity contribution < 1.29 is 4.79 Å². The Bertz CT molecular complexity index is 146. The number of carbonyl (C=O) groups is 1.